The van der Waals surface area contributed by atoms with Crippen molar-refractivity contribution in [1.82, 2.24) is 14.8 Å². The lowest BCUT2D eigenvalue weighted by molar-refractivity contribution is 0.282. The third kappa shape index (κ3) is 4.96. The molecule has 110 valence electrons. The normalized spacial score (nSPS) is 12.6. The first-order chi connectivity index (χ1) is 8.92. The van der Waals surface area contributed by atoms with E-state index < -0.39 is 0 Å². The Labute approximate surface area is 126 Å². The Bertz CT molecular complexity index is 371. The van der Waals surface area contributed by atoms with Gasteiger partial charge in [0.25, 0.3) is 0 Å². The summed E-state index contributed by atoms with van der Waals surface area (Å²) in [6.07, 6.45) is 3.43. The van der Waals surface area contributed by atoms with Crippen molar-refractivity contribution < 1.29 is 0 Å². The molecular formula is C14H25Cl2N3. The van der Waals surface area contributed by atoms with Crippen LogP contribution in [-0.2, 0) is 13.0 Å². The molecule has 0 saturated carbocycles. The molecule has 0 spiro atoms. The summed E-state index contributed by atoms with van der Waals surface area (Å²) in [5, 5.41) is 4.31. The Kier molecular flexibility index (Phi) is 6.61. The number of aromatic nitrogens is 3. The summed E-state index contributed by atoms with van der Waals surface area (Å²) >= 11 is 12.4. The number of nitrogens with zero attached hydrogens (tertiary/aromatic N) is 3. The van der Waals surface area contributed by atoms with Gasteiger partial charge >= 0.3 is 0 Å². The maximum atomic E-state index is 6.20. The van der Waals surface area contributed by atoms with Crippen LogP contribution < -0.4 is 0 Å². The molecule has 1 aromatic rings. The van der Waals surface area contributed by atoms with Crippen molar-refractivity contribution in [3.05, 3.63) is 12.2 Å². The Hall–Kier alpha value is -0.280. The highest BCUT2D eigenvalue weighted by Gasteiger charge is 2.31. The van der Waals surface area contributed by atoms with Crippen molar-refractivity contribution in [2.24, 2.45) is 17.3 Å². The van der Waals surface area contributed by atoms with Crippen LogP contribution in [0.2, 0.25) is 0 Å². The molecule has 0 aliphatic carbocycles. The van der Waals surface area contributed by atoms with E-state index in [0.29, 0.717) is 23.6 Å². The SMILES string of the molecule is CC(C)Cn1ncnc1CC(CCl)(CCl)CC(C)C. The molecule has 1 heterocycles. The van der Waals surface area contributed by atoms with Gasteiger partial charge in [0.05, 0.1) is 0 Å². The van der Waals surface area contributed by atoms with Gasteiger partial charge in [0, 0.05) is 30.1 Å². The predicted molar refractivity (Wildman–Crippen MR) is 81.9 cm³/mol. The minimum atomic E-state index is -0.0843. The Morgan fingerprint density at radius 1 is 1.16 bits per heavy atom. The molecule has 19 heavy (non-hydrogen) atoms. The molecule has 0 amide bonds. The van der Waals surface area contributed by atoms with E-state index in [-0.39, 0.29) is 5.41 Å². The molecule has 0 unspecified atom stereocenters. The van der Waals surface area contributed by atoms with Gasteiger partial charge < -0.3 is 0 Å². The minimum Gasteiger partial charge on any atom is -0.250 e. The lowest BCUT2D eigenvalue weighted by Crippen LogP contribution is -2.31. The highest BCUT2D eigenvalue weighted by Crippen LogP contribution is 2.33. The standard InChI is InChI=1S/C14H25Cl2N3/c1-11(2)5-14(8-15,9-16)6-13-17-10-18-19(13)7-12(3)4/h10-12H,5-9H2,1-4H3. The summed E-state index contributed by atoms with van der Waals surface area (Å²) in [5.41, 5.74) is -0.0843. The molecule has 0 atom stereocenters. The van der Waals surface area contributed by atoms with Crippen LogP contribution in [0.3, 0.4) is 0 Å². The molecule has 0 N–H and O–H groups in total. The highest BCUT2D eigenvalue weighted by atomic mass is 35.5. The average Bonchev–Trinajstić information content (AvgIpc) is 2.74. The maximum absolute atomic E-state index is 6.20. The lowest BCUT2D eigenvalue weighted by Gasteiger charge is -2.31. The second kappa shape index (κ2) is 7.49. The molecule has 0 aliphatic heterocycles. The number of halogens is 2. The monoisotopic (exact) mass is 305 g/mol. The van der Waals surface area contributed by atoms with E-state index >= 15 is 0 Å². The van der Waals surface area contributed by atoms with Crippen molar-refractivity contribution in [2.75, 3.05) is 11.8 Å². The van der Waals surface area contributed by atoms with E-state index in [2.05, 4.69) is 37.8 Å². The number of rotatable bonds is 8. The van der Waals surface area contributed by atoms with Gasteiger partial charge in [0.15, 0.2) is 0 Å². The van der Waals surface area contributed by atoms with Crippen LogP contribution >= 0.6 is 23.2 Å². The van der Waals surface area contributed by atoms with E-state index in [1.54, 1.807) is 6.33 Å². The molecule has 0 aliphatic rings. The topological polar surface area (TPSA) is 30.7 Å². The minimum absolute atomic E-state index is 0.0843. The lowest BCUT2D eigenvalue weighted by atomic mass is 9.80. The highest BCUT2D eigenvalue weighted by molar-refractivity contribution is 6.21. The first kappa shape index (κ1) is 16.8. The first-order valence-electron chi connectivity index (χ1n) is 6.91. The van der Waals surface area contributed by atoms with E-state index in [9.17, 15) is 0 Å². The number of hydrogen-bond donors (Lipinski definition) is 0. The molecule has 5 heteroatoms. The van der Waals surface area contributed by atoms with E-state index in [0.717, 1.165) is 25.2 Å². The summed E-state index contributed by atoms with van der Waals surface area (Å²) in [5.74, 6) is 3.23. The molecule has 0 aromatic carbocycles. The third-order valence-electron chi connectivity index (χ3n) is 3.18. The zero-order valence-corrected chi connectivity index (χ0v) is 13.9. The van der Waals surface area contributed by atoms with E-state index in [1.165, 1.54) is 0 Å². The Morgan fingerprint density at radius 2 is 1.79 bits per heavy atom. The Morgan fingerprint density at radius 3 is 2.26 bits per heavy atom. The van der Waals surface area contributed by atoms with Crippen molar-refractivity contribution in [3.8, 4) is 0 Å². The van der Waals surface area contributed by atoms with Crippen molar-refractivity contribution in [3.63, 3.8) is 0 Å². The van der Waals surface area contributed by atoms with Gasteiger partial charge in [0.1, 0.15) is 12.2 Å². The van der Waals surface area contributed by atoms with Crippen molar-refractivity contribution in [2.45, 2.75) is 47.1 Å². The van der Waals surface area contributed by atoms with Gasteiger partial charge in [-0.1, -0.05) is 27.7 Å². The fraction of sp³-hybridized carbons (Fsp3) is 0.857. The fourth-order valence-electron chi connectivity index (χ4n) is 2.44. The van der Waals surface area contributed by atoms with Crippen LogP contribution in [0.15, 0.2) is 6.33 Å². The number of alkyl halides is 2. The fourth-order valence-corrected chi connectivity index (χ4v) is 3.13. The molecule has 0 saturated heterocycles. The van der Waals surface area contributed by atoms with Crippen LogP contribution in [0.4, 0.5) is 0 Å². The summed E-state index contributed by atoms with van der Waals surface area (Å²) in [4.78, 5) is 4.39. The van der Waals surface area contributed by atoms with Gasteiger partial charge in [-0.15, -0.1) is 23.2 Å². The molecule has 0 radical (unpaired) electrons. The zero-order chi connectivity index (χ0) is 14.5. The summed E-state index contributed by atoms with van der Waals surface area (Å²) in [7, 11) is 0. The molecule has 0 fully saturated rings. The second-order valence-electron chi connectivity index (χ2n) is 6.29. The largest absolute Gasteiger partial charge is 0.250 e. The van der Waals surface area contributed by atoms with Crippen LogP contribution in [0.1, 0.15) is 39.9 Å². The number of hydrogen-bond acceptors (Lipinski definition) is 2. The second-order valence-corrected chi connectivity index (χ2v) is 6.83. The average molecular weight is 306 g/mol. The van der Waals surface area contributed by atoms with Gasteiger partial charge in [-0.05, 0) is 18.3 Å². The molecule has 3 nitrogen and oxygen atoms in total. The summed E-state index contributed by atoms with van der Waals surface area (Å²) in [6, 6.07) is 0. The Balaban J connectivity index is 2.87. The summed E-state index contributed by atoms with van der Waals surface area (Å²) < 4.78 is 1.98. The molecular weight excluding hydrogens is 281 g/mol. The van der Waals surface area contributed by atoms with Crippen LogP contribution in [0.5, 0.6) is 0 Å². The first-order valence-corrected chi connectivity index (χ1v) is 7.98. The van der Waals surface area contributed by atoms with Crippen LogP contribution in [0, 0.1) is 17.3 Å². The van der Waals surface area contributed by atoms with Gasteiger partial charge in [-0.3, -0.25) is 0 Å². The quantitative estimate of drug-likeness (QED) is 0.680. The summed E-state index contributed by atoms with van der Waals surface area (Å²) in [6.45, 7) is 9.64. The van der Waals surface area contributed by atoms with Crippen LogP contribution in [0.25, 0.3) is 0 Å². The predicted octanol–water partition coefficient (Wildman–Crippen LogP) is 3.99. The zero-order valence-electron chi connectivity index (χ0n) is 12.4. The van der Waals surface area contributed by atoms with Crippen LogP contribution in [-0.4, -0.2) is 26.5 Å². The molecule has 0 bridgehead atoms. The third-order valence-corrected chi connectivity index (χ3v) is 4.31. The van der Waals surface area contributed by atoms with E-state index in [4.69, 9.17) is 23.2 Å². The van der Waals surface area contributed by atoms with E-state index in [1.807, 2.05) is 4.68 Å². The maximum Gasteiger partial charge on any atom is 0.138 e. The van der Waals surface area contributed by atoms with Gasteiger partial charge in [-0.25, -0.2) is 9.67 Å². The van der Waals surface area contributed by atoms with Gasteiger partial charge in [0.2, 0.25) is 0 Å². The smallest absolute Gasteiger partial charge is 0.138 e. The molecule has 1 rings (SSSR count). The van der Waals surface area contributed by atoms with Crippen molar-refractivity contribution in [1.29, 1.82) is 0 Å². The van der Waals surface area contributed by atoms with Gasteiger partial charge in [-0.2, -0.15) is 5.10 Å². The van der Waals surface area contributed by atoms with Crippen molar-refractivity contribution >= 4 is 23.2 Å². The molecule has 1 aromatic heterocycles.